The second-order valence-electron chi connectivity index (χ2n) is 8.88. The molecule has 1 heterocycles. The van der Waals surface area contributed by atoms with Crippen LogP contribution >= 0.6 is 0 Å². The SMILES string of the molecule is C=Nc1cccc(NCC(O)(CC(C)(C)c2cc(F)cc3c2OCC3)C(F)(F)F)c1/C=C\C. The van der Waals surface area contributed by atoms with Crippen molar-refractivity contribution in [2.45, 2.75) is 50.8 Å². The number of anilines is 1. The van der Waals surface area contributed by atoms with Crippen LogP contribution in [0.15, 0.2) is 41.4 Å². The molecule has 0 aromatic heterocycles. The van der Waals surface area contributed by atoms with Gasteiger partial charge in [-0.2, -0.15) is 13.2 Å². The molecular weight excluding hydrogens is 436 g/mol. The van der Waals surface area contributed by atoms with E-state index in [9.17, 15) is 22.7 Å². The molecule has 0 saturated heterocycles. The minimum atomic E-state index is -4.94. The lowest BCUT2D eigenvalue weighted by Crippen LogP contribution is -2.53. The molecule has 1 unspecified atom stereocenters. The van der Waals surface area contributed by atoms with E-state index < -0.39 is 36.0 Å². The highest BCUT2D eigenvalue weighted by atomic mass is 19.4. The van der Waals surface area contributed by atoms with E-state index in [1.807, 2.05) is 0 Å². The second-order valence-corrected chi connectivity index (χ2v) is 8.88. The fourth-order valence-corrected chi connectivity index (χ4v) is 4.29. The number of fused-ring (bicyclic) bond motifs is 1. The van der Waals surface area contributed by atoms with Gasteiger partial charge in [-0.1, -0.05) is 32.1 Å². The van der Waals surface area contributed by atoms with Gasteiger partial charge in [0, 0.05) is 28.8 Å². The highest BCUT2D eigenvalue weighted by Gasteiger charge is 2.56. The van der Waals surface area contributed by atoms with Crippen molar-refractivity contribution in [3.05, 3.63) is 58.9 Å². The van der Waals surface area contributed by atoms with Crippen molar-refractivity contribution < 1.29 is 27.4 Å². The number of benzene rings is 2. The van der Waals surface area contributed by atoms with Crippen molar-refractivity contribution in [3.8, 4) is 5.75 Å². The van der Waals surface area contributed by atoms with E-state index in [1.165, 1.54) is 12.1 Å². The Kier molecular flexibility index (Phi) is 6.88. The molecule has 2 aromatic carbocycles. The summed E-state index contributed by atoms with van der Waals surface area (Å²) in [6, 6.07) is 7.47. The van der Waals surface area contributed by atoms with E-state index in [0.717, 1.165) is 0 Å². The molecule has 0 amide bonds. The number of rotatable bonds is 8. The van der Waals surface area contributed by atoms with E-state index in [2.05, 4.69) is 17.0 Å². The number of ether oxygens (including phenoxy) is 1. The fourth-order valence-electron chi connectivity index (χ4n) is 4.29. The zero-order valence-electron chi connectivity index (χ0n) is 18.9. The third-order valence-electron chi connectivity index (χ3n) is 5.90. The summed E-state index contributed by atoms with van der Waals surface area (Å²) < 4.78 is 62.3. The molecule has 1 aliphatic rings. The summed E-state index contributed by atoms with van der Waals surface area (Å²) in [4.78, 5) is 3.91. The number of nitrogens with one attached hydrogen (secondary N) is 1. The molecule has 2 N–H and O–H groups in total. The zero-order chi connectivity index (χ0) is 24.4. The van der Waals surface area contributed by atoms with Crippen LogP contribution in [0.25, 0.3) is 6.08 Å². The molecule has 33 heavy (non-hydrogen) atoms. The van der Waals surface area contributed by atoms with Gasteiger partial charge in [0.2, 0.25) is 0 Å². The third kappa shape index (κ3) is 5.05. The average molecular weight is 465 g/mol. The summed E-state index contributed by atoms with van der Waals surface area (Å²) in [6.07, 6.45) is -1.71. The smallest absolute Gasteiger partial charge is 0.418 e. The van der Waals surface area contributed by atoms with Gasteiger partial charge in [0.05, 0.1) is 18.8 Å². The minimum Gasteiger partial charge on any atom is -0.493 e. The Balaban J connectivity index is 1.95. The Labute approximate surface area is 191 Å². The van der Waals surface area contributed by atoms with Crippen LogP contribution in [0.5, 0.6) is 5.75 Å². The minimum absolute atomic E-state index is 0.310. The molecule has 0 saturated carbocycles. The zero-order valence-corrected chi connectivity index (χ0v) is 18.9. The maximum Gasteiger partial charge on any atom is 0.418 e. The van der Waals surface area contributed by atoms with Crippen molar-refractivity contribution in [2.75, 3.05) is 18.5 Å². The van der Waals surface area contributed by atoms with E-state index in [4.69, 9.17) is 4.74 Å². The van der Waals surface area contributed by atoms with Gasteiger partial charge in [0.1, 0.15) is 11.6 Å². The summed E-state index contributed by atoms with van der Waals surface area (Å²) in [5, 5.41) is 13.6. The van der Waals surface area contributed by atoms with Crippen molar-refractivity contribution in [3.63, 3.8) is 0 Å². The Morgan fingerprint density at radius 3 is 2.61 bits per heavy atom. The van der Waals surface area contributed by atoms with E-state index in [1.54, 1.807) is 51.1 Å². The second kappa shape index (κ2) is 9.17. The first-order valence-electron chi connectivity index (χ1n) is 10.6. The van der Waals surface area contributed by atoms with E-state index >= 15 is 0 Å². The van der Waals surface area contributed by atoms with Gasteiger partial charge < -0.3 is 15.2 Å². The number of allylic oxidation sites excluding steroid dienone is 1. The normalized spacial score (nSPS) is 15.8. The molecule has 0 spiro atoms. The Bertz CT molecular complexity index is 1060. The summed E-state index contributed by atoms with van der Waals surface area (Å²) in [7, 11) is 0. The Morgan fingerprint density at radius 1 is 1.24 bits per heavy atom. The van der Waals surface area contributed by atoms with Gasteiger partial charge in [-0.15, -0.1) is 0 Å². The first-order chi connectivity index (χ1) is 15.4. The lowest BCUT2D eigenvalue weighted by molar-refractivity contribution is -0.260. The molecule has 0 fully saturated rings. The number of nitrogens with zero attached hydrogens (tertiary/aromatic N) is 1. The number of hydrogen-bond donors (Lipinski definition) is 2. The van der Waals surface area contributed by atoms with Crippen LogP contribution < -0.4 is 10.1 Å². The number of aliphatic imine (C=N–C) groups is 1. The average Bonchev–Trinajstić information content (AvgIpc) is 3.19. The highest BCUT2D eigenvalue weighted by Crippen LogP contribution is 2.46. The van der Waals surface area contributed by atoms with Gasteiger partial charge in [-0.05, 0) is 49.7 Å². The van der Waals surface area contributed by atoms with Crippen LogP contribution in [0.2, 0.25) is 0 Å². The molecule has 178 valence electrons. The molecule has 1 atom stereocenters. The van der Waals surface area contributed by atoms with Crippen LogP contribution in [-0.4, -0.2) is 36.8 Å². The van der Waals surface area contributed by atoms with Gasteiger partial charge in [0.25, 0.3) is 0 Å². The first-order valence-corrected chi connectivity index (χ1v) is 10.6. The van der Waals surface area contributed by atoms with Crippen LogP contribution in [0.4, 0.5) is 28.9 Å². The topological polar surface area (TPSA) is 53.9 Å². The third-order valence-corrected chi connectivity index (χ3v) is 5.90. The highest BCUT2D eigenvalue weighted by molar-refractivity contribution is 5.77. The fraction of sp³-hybridized carbons (Fsp3) is 0.400. The van der Waals surface area contributed by atoms with E-state index in [0.29, 0.717) is 46.8 Å². The first kappa shape index (κ1) is 24.8. The van der Waals surface area contributed by atoms with Crippen LogP contribution in [0, 0.1) is 5.82 Å². The quantitative estimate of drug-likeness (QED) is 0.361. The number of alkyl halides is 3. The van der Waals surface area contributed by atoms with Gasteiger partial charge in [0.15, 0.2) is 5.60 Å². The molecule has 0 aliphatic carbocycles. The molecule has 2 aromatic rings. The predicted molar refractivity (Wildman–Crippen MR) is 123 cm³/mol. The number of halogens is 4. The number of aliphatic hydroxyl groups is 1. The lowest BCUT2D eigenvalue weighted by atomic mass is 9.74. The molecule has 0 radical (unpaired) electrons. The lowest BCUT2D eigenvalue weighted by Gasteiger charge is -2.38. The monoisotopic (exact) mass is 464 g/mol. The van der Waals surface area contributed by atoms with Crippen molar-refractivity contribution in [1.82, 2.24) is 0 Å². The van der Waals surface area contributed by atoms with E-state index in [-0.39, 0.29) is 0 Å². The van der Waals surface area contributed by atoms with Crippen molar-refractivity contribution in [1.29, 1.82) is 0 Å². The maximum absolute atomic E-state index is 14.2. The van der Waals surface area contributed by atoms with Crippen LogP contribution in [0.1, 0.15) is 43.9 Å². The molecule has 0 bridgehead atoms. The summed E-state index contributed by atoms with van der Waals surface area (Å²) >= 11 is 0. The summed E-state index contributed by atoms with van der Waals surface area (Å²) in [5.74, 6) is -0.139. The van der Waals surface area contributed by atoms with Gasteiger partial charge in [-0.25, -0.2) is 4.39 Å². The van der Waals surface area contributed by atoms with Crippen LogP contribution in [-0.2, 0) is 11.8 Å². The summed E-state index contributed by atoms with van der Waals surface area (Å²) in [6.45, 7) is 7.91. The van der Waals surface area contributed by atoms with Crippen molar-refractivity contribution in [2.24, 2.45) is 4.99 Å². The standard InChI is InChI=1S/C25H28F4N2O2/c1-5-7-18-20(30-4)8-6-9-21(18)31-15-24(32,25(27,28)29)14-23(2,3)19-13-17(26)12-16-10-11-33-22(16)19/h5-9,12-13,31-32H,4,10-11,14-15H2,1-3H3/b7-5-. The molecule has 8 heteroatoms. The maximum atomic E-state index is 14.2. The molecule has 3 rings (SSSR count). The van der Waals surface area contributed by atoms with Gasteiger partial charge in [-0.3, -0.25) is 4.99 Å². The largest absolute Gasteiger partial charge is 0.493 e. The Morgan fingerprint density at radius 2 is 1.97 bits per heavy atom. The van der Waals surface area contributed by atoms with Crippen LogP contribution in [0.3, 0.4) is 0 Å². The van der Waals surface area contributed by atoms with Gasteiger partial charge >= 0.3 is 6.18 Å². The Hall–Kier alpha value is -2.87. The predicted octanol–water partition coefficient (Wildman–Crippen LogP) is 6.20. The van der Waals surface area contributed by atoms with Crippen molar-refractivity contribution >= 4 is 24.2 Å². The molecular formula is C25H28F4N2O2. The number of hydrogen-bond acceptors (Lipinski definition) is 4. The summed E-state index contributed by atoms with van der Waals surface area (Å²) in [5.41, 5.74) is -1.95. The molecule has 4 nitrogen and oxygen atoms in total. The molecule has 1 aliphatic heterocycles.